The molecule has 0 saturated carbocycles. The Morgan fingerprint density at radius 1 is 1.11 bits per heavy atom. The number of halogens is 2. The first-order valence-corrected chi connectivity index (χ1v) is 6.76. The zero-order valence-corrected chi connectivity index (χ0v) is 11.5. The van der Waals surface area contributed by atoms with Gasteiger partial charge >= 0.3 is 0 Å². The largest absolute Gasteiger partial charge is 0.310 e. The van der Waals surface area contributed by atoms with Crippen LogP contribution < -0.4 is 5.32 Å². The highest BCUT2D eigenvalue weighted by atomic mass is 19.1. The Morgan fingerprint density at radius 2 is 1.72 bits per heavy atom. The van der Waals surface area contributed by atoms with Crippen molar-refractivity contribution >= 4 is 0 Å². The van der Waals surface area contributed by atoms with Gasteiger partial charge in [0, 0.05) is 12.1 Å². The maximum atomic E-state index is 13.2. The lowest BCUT2D eigenvalue weighted by atomic mass is 9.93. The fourth-order valence-corrected chi connectivity index (χ4v) is 2.37. The topological polar surface area (TPSA) is 12.0 Å². The summed E-state index contributed by atoms with van der Waals surface area (Å²) >= 11 is 0. The molecular formula is C15H23F2N. The zero-order chi connectivity index (χ0) is 13.5. The number of nitrogens with one attached hydrogen (secondary N) is 1. The van der Waals surface area contributed by atoms with Gasteiger partial charge in [0.1, 0.15) is 11.6 Å². The fraction of sp³-hybridized carbons (Fsp3) is 0.600. The molecule has 3 heteroatoms. The lowest BCUT2D eigenvalue weighted by molar-refractivity contribution is 0.393. The highest BCUT2D eigenvalue weighted by molar-refractivity contribution is 5.21. The van der Waals surface area contributed by atoms with E-state index in [4.69, 9.17) is 0 Å². The molecule has 1 aromatic carbocycles. The van der Waals surface area contributed by atoms with Crippen molar-refractivity contribution in [1.29, 1.82) is 0 Å². The standard InChI is InChI=1S/C15H23F2N/c1-4-6-11(3)7-15(18-5-2)12-8-13(16)10-14(17)9-12/h8-11,15,18H,4-7H2,1-3H3. The minimum Gasteiger partial charge on any atom is -0.310 e. The van der Waals surface area contributed by atoms with Gasteiger partial charge in [0.15, 0.2) is 0 Å². The maximum absolute atomic E-state index is 13.2. The Morgan fingerprint density at radius 3 is 2.22 bits per heavy atom. The molecule has 1 N–H and O–H groups in total. The molecule has 18 heavy (non-hydrogen) atoms. The maximum Gasteiger partial charge on any atom is 0.126 e. The first kappa shape index (κ1) is 15.1. The number of benzene rings is 1. The molecule has 0 aliphatic carbocycles. The van der Waals surface area contributed by atoms with Gasteiger partial charge in [0.2, 0.25) is 0 Å². The minimum atomic E-state index is -0.504. The van der Waals surface area contributed by atoms with Gasteiger partial charge in [0.25, 0.3) is 0 Å². The van der Waals surface area contributed by atoms with Crippen molar-refractivity contribution < 1.29 is 8.78 Å². The van der Waals surface area contributed by atoms with Crippen LogP contribution in [0.1, 0.15) is 51.6 Å². The van der Waals surface area contributed by atoms with E-state index in [9.17, 15) is 8.78 Å². The predicted molar refractivity (Wildman–Crippen MR) is 71.5 cm³/mol. The number of hydrogen-bond acceptors (Lipinski definition) is 1. The zero-order valence-electron chi connectivity index (χ0n) is 11.5. The van der Waals surface area contributed by atoms with Crippen molar-refractivity contribution in [2.45, 2.75) is 46.1 Å². The summed E-state index contributed by atoms with van der Waals surface area (Å²) in [5.74, 6) is -0.461. The summed E-state index contributed by atoms with van der Waals surface area (Å²) in [6, 6.07) is 3.80. The summed E-state index contributed by atoms with van der Waals surface area (Å²) in [4.78, 5) is 0. The molecule has 2 unspecified atom stereocenters. The summed E-state index contributed by atoms with van der Waals surface area (Å²) in [5.41, 5.74) is 0.706. The highest BCUT2D eigenvalue weighted by Crippen LogP contribution is 2.25. The molecule has 0 radical (unpaired) electrons. The Labute approximate surface area is 109 Å². The molecule has 0 saturated heterocycles. The quantitative estimate of drug-likeness (QED) is 0.759. The van der Waals surface area contributed by atoms with Gasteiger partial charge in [-0.05, 0) is 36.6 Å². The Hall–Kier alpha value is -0.960. The molecule has 2 atom stereocenters. The number of rotatable bonds is 7. The van der Waals surface area contributed by atoms with Gasteiger partial charge in [-0.3, -0.25) is 0 Å². The molecule has 0 fully saturated rings. The van der Waals surface area contributed by atoms with Crippen molar-refractivity contribution in [2.24, 2.45) is 5.92 Å². The van der Waals surface area contributed by atoms with Crippen LogP contribution in [-0.2, 0) is 0 Å². The molecule has 0 aromatic heterocycles. The third kappa shape index (κ3) is 4.73. The third-order valence-corrected chi connectivity index (χ3v) is 3.16. The average Bonchev–Trinajstić information content (AvgIpc) is 2.27. The van der Waals surface area contributed by atoms with Crippen LogP contribution in [0.5, 0.6) is 0 Å². The molecule has 102 valence electrons. The van der Waals surface area contributed by atoms with Gasteiger partial charge in [-0.25, -0.2) is 8.78 Å². The van der Waals surface area contributed by atoms with E-state index in [1.807, 2.05) is 6.92 Å². The smallest absolute Gasteiger partial charge is 0.126 e. The Bertz CT molecular complexity index is 345. The monoisotopic (exact) mass is 255 g/mol. The Balaban J connectivity index is 2.82. The Kier molecular flexibility index (Phi) is 6.27. The fourth-order valence-electron chi connectivity index (χ4n) is 2.37. The predicted octanol–water partition coefficient (Wildman–Crippen LogP) is 4.44. The molecule has 0 heterocycles. The van der Waals surface area contributed by atoms with E-state index < -0.39 is 11.6 Å². The minimum absolute atomic E-state index is 0.0294. The summed E-state index contributed by atoms with van der Waals surface area (Å²) in [6.07, 6.45) is 3.18. The molecule has 1 nitrogen and oxygen atoms in total. The SMILES string of the molecule is CCCC(C)CC(NCC)c1cc(F)cc(F)c1. The summed E-state index contributed by atoms with van der Waals surface area (Å²) in [6.45, 7) is 7.14. The van der Waals surface area contributed by atoms with E-state index in [0.717, 1.165) is 31.9 Å². The van der Waals surface area contributed by atoms with Crippen LogP contribution in [0.2, 0.25) is 0 Å². The van der Waals surface area contributed by atoms with Gasteiger partial charge in [0.05, 0.1) is 0 Å². The van der Waals surface area contributed by atoms with Crippen molar-refractivity contribution in [1.82, 2.24) is 5.32 Å². The highest BCUT2D eigenvalue weighted by Gasteiger charge is 2.15. The first-order chi connectivity index (χ1) is 8.56. The van der Waals surface area contributed by atoms with Crippen LogP contribution in [0.4, 0.5) is 8.78 Å². The van der Waals surface area contributed by atoms with Crippen LogP contribution in [0.25, 0.3) is 0 Å². The lowest BCUT2D eigenvalue weighted by Gasteiger charge is -2.22. The van der Waals surface area contributed by atoms with Crippen LogP contribution in [0.3, 0.4) is 0 Å². The van der Waals surface area contributed by atoms with Gasteiger partial charge in [-0.1, -0.05) is 33.6 Å². The van der Waals surface area contributed by atoms with Crippen LogP contribution >= 0.6 is 0 Å². The van der Waals surface area contributed by atoms with Crippen LogP contribution in [0.15, 0.2) is 18.2 Å². The summed E-state index contributed by atoms with van der Waals surface area (Å²) in [7, 11) is 0. The normalized spacial score (nSPS) is 14.5. The molecular weight excluding hydrogens is 232 g/mol. The van der Waals surface area contributed by atoms with E-state index in [1.165, 1.54) is 12.1 Å². The van der Waals surface area contributed by atoms with Crippen molar-refractivity contribution in [2.75, 3.05) is 6.54 Å². The molecule has 0 bridgehead atoms. The molecule has 0 amide bonds. The summed E-state index contributed by atoms with van der Waals surface area (Å²) < 4.78 is 26.5. The van der Waals surface area contributed by atoms with E-state index in [-0.39, 0.29) is 6.04 Å². The molecule has 0 spiro atoms. The van der Waals surface area contributed by atoms with Crippen LogP contribution in [0, 0.1) is 17.6 Å². The number of hydrogen-bond donors (Lipinski definition) is 1. The second kappa shape index (κ2) is 7.47. The van der Waals surface area contributed by atoms with Crippen LogP contribution in [-0.4, -0.2) is 6.54 Å². The average molecular weight is 255 g/mol. The van der Waals surface area contributed by atoms with Gasteiger partial charge < -0.3 is 5.32 Å². The molecule has 1 rings (SSSR count). The lowest BCUT2D eigenvalue weighted by Crippen LogP contribution is -2.23. The van der Waals surface area contributed by atoms with Gasteiger partial charge in [-0.2, -0.15) is 0 Å². The molecule has 1 aromatic rings. The van der Waals surface area contributed by atoms with Crippen molar-refractivity contribution in [3.05, 3.63) is 35.4 Å². The second-order valence-corrected chi connectivity index (χ2v) is 4.94. The van der Waals surface area contributed by atoms with Gasteiger partial charge in [-0.15, -0.1) is 0 Å². The van der Waals surface area contributed by atoms with E-state index in [0.29, 0.717) is 11.5 Å². The van der Waals surface area contributed by atoms with Crippen molar-refractivity contribution in [3.63, 3.8) is 0 Å². The molecule has 0 aliphatic rings. The third-order valence-electron chi connectivity index (χ3n) is 3.16. The molecule has 0 aliphatic heterocycles. The first-order valence-electron chi connectivity index (χ1n) is 6.76. The van der Waals surface area contributed by atoms with Crippen molar-refractivity contribution in [3.8, 4) is 0 Å². The summed E-state index contributed by atoms with van der Waals surface area (Å²) in [5, 5.41) is 3.31. The van der Waals surface area contributed by atoms with E-state index >= 15 is 0 Å². The van der Waals surface area contributed by atoms with E-state index in [1.54, 1.807) is 0 Å². The second-order valence-electron chi connectivity index (χ2n) is 4.94. The van der Waals surface area contributed by atoms with E-state index in [2.05, 4.69) is 19.2 Å².